The van der Waals surface area contributed by atoms with Crippen molar-refractivity contribution in [3.05, 3.63) is 77.0 Å². The largest absolute Gasteiger partial charge is 0.416 e. The number of nitrogens with one attached hydrogen (secondary N) is 1. The van der Waals surface area contributed by atoms with Crippen molar-refractivity contribution in [2.24, 2.45) is 0 Å². The molecule has 0 fully saturated rings. The number of alkyl halides is 3. The molecule has 4 rings (SSSR count). The maximum Gasteiger partial charge on any atom is 0.416 e. The Kier molecular flexibility index (Phi) is 6.68. The summed E-state index contributed by atoms with van der Waals surface area (Å²) in [4.78, 5) is 12.6. The smallest absolute Gasteiger partial charge is 0.310 e. The van der Waals surface area contributed by atoms with E-state index in [1.54, 1.807) is 10.7 Å². The second-order valence-corrected chi connectivity index (χ2v) is 8.44. The Morgan fingerprint density at radius 2 is 1.85 bits per heavy atom. The lowest BCUT2D eigenvalue weighted by molar-refractivity contribution is -0.137. The molecule has 12 heteroatoms. The molecule has 1 N–H and O–H groups in total. The number of aromatic nitrogens is 6. The summed E-state index contributed by atoms with van der Waals surface area (Å²) >= 11 is 1.19. The lowest BCUT2D eigenvalue weighted by Crippen LogP contribution is -2.18. The first-order valence-corrected chi connectivity index (χ1v) is 11.2. The predicted octanol–water partition coefficient (Wildman–Crippen LogP) is 4.27. The molecule has 176 valence electrons. The van der Waals surface area contributed by atoms with E-state index >= 15 is 0 Å². The highest BCUT2D eigenvalue weighted by molar-refractivity contribution is 7.99. The van der Waals surface area contributed by atoms with E-state index in [9.17, 15) is 18.0 Å². The van der Waals surface area contributed by atoms with E-state index in [0.717, 1.165) is 28.9 Å². The van der Waals surface area contributed by atoms with E-state index in [1.807, 2.05) is 32.0 Å². The number of tetrazole rings is 1. The van der Waals surface area contributed by atoms with Crippen molar-refractivity contribution < 1.29 is 18.0 Å². The van der Waals surface area contributed by atoms with Crippen LogP contribution in [0.5, 0.6) is 0 Å². The topological polar surface area (TPSA) is 90.5 Å². The SMILES string of the molecule is Cc1cccc(-n2nnnc2SCC(=O)Nc2ccnn2Cc2ccc(C(F)(F)F)cc2)c1C. The second-order valence-electron chi connectivity index (χ2n) is 7.50. The number of rotatable bonds is 7. The number of amides is 1. The average molecular weight is 488 g/mol. The van der Waals surface area contributed by atoms with Crippen LogP contribution in [0, 0.1) is 13.8 Å². The van der Waals surface area contributed by atoms with E-state index in [-0.39, 0.29) is 18.2 Å². The van der Waals surface area contributed by atoms with Gasteiger partial charge >= 0.3 is 6.18 Å². The van der Waals surface area contributed by atoms with E-state index in [2.05, 4.69) is 25.9 Å². The summed E-state index contributed by atoms with van der Waals surface area (Å²) in [5.41, 5.74) is 2.87. The summed E-state index contributed by atoms with van der Waals surface area (Å²) in [5, 5.41) is 19.2. The number of hydrogen-bond acceptors (Lipinski definition) is 6. The van der Waals surface area contributed by atoms with Gasteiger partial charge in [0.1, 0.15) is 5.82 Å². The highest BCUT2D eigenvalue weighted by Crippen LogP contribution is 2.29. The first kappa shape index (κ1) is 23.5. The van der Waals surface area contributed by atoms with Crippen molar-refractivity contribution >= 4 is 23.5 Å². The molecular weight excluding hydrogens is 467 g/mol. The van der Waals surface area contributed by atoms with Crippen LogP contribution in [0.2, 0.25) is 0 Å². The lowest BCUT2D eigenvalue weighted by Gasteiger charge is -2.11. The summed E-state index contributed by atoms with van der Waals surface area (Å²) < 4.78 is 41.4. The van der Waals surface area contributed by atoms with Gasteiger partial charge in [-0.05, 0) is 59.2 Å². The number of thioether (sulfide) groups is 1. The second kappa shape index (κ2) is 9.67. The fourth-order valence-corrected chi connectivity index (χ4v) is 3.91. The van der Waals surface area contributed by atoms with Gasteiger partial charge in [0.15, 0.2) is 0 Å². The zero-order valence-electron chi connectivity index (χ0n) is 18.2. The van der Waals surface area contributed by atoms with Crippen LogP contribution in [-0.2, 0) is 17.5 Å². The zero-order valence-corrected chi connectivity index (χ0v) is 19.1. The fraction of sp³-hybridized carbons (Fsp3) is 0.227. The standard InChI is InChI=1S/C22H20F3N7OS/c1-14-4-3-5-18(15(14)2)32-21(28-29-30-32)34-13-20(33)27-19-10-11-26-31(19)12-16-6-8-17(9-7-16)22(23,24)25/h3-11H,12-13H2,1-2H3,(H,27,33). The number of hydrogen-bond donors (Lipinski definition) is 1. The molecule has 0 radical (unpaired) electrons. The molecule has 0 aliphatic rings. The molecule has 1 amide bonds. The maximum absolute atomic E-state index is 12.8. The lowest BCUT2D eigenvalue weighted by atomic mass is 10.1. The number of anilines is 1. The van der Waals surface area contributed by atoms with Crippen molar-refractivity contribution in [1.82, 2.24) is 30.0 Å². The van der Waals surface area contributed by atoms with Crippen LogP contribution < -0.4 is 5.32 Å². The number of carbonyl (C=O) groups excluding carboxylic acids is 1. The quantitative estimate of drug-likeness (QED) is 0.392. The van der Waals surface area contributed by atoms with Gasteiger partial charge in [-0.1, -0.05) is 36.0 Å². The van der Waals surface area contributed by atoms with Gasteiger partial charge in [0, 0.05) is 6.07 Å². The van der Waals surface area contributed by atoms with E-state index < -0.39 is 11.7 Å². The first-order chi connectivity index (χ1) is 16.2. The van der Waals surface area contributed by atoms with Crippen LogP contribution in [0.1, 0.15) is 22.3 Å². The number of carbonyl (C=O) groups is 1. The van der Waals surface area contributed by atoms with E-state index in [0.29, 0.717) is 16.5 Å². The molecule has 0 unspecified atom stereocenters. The highest BCUT2D eigenvalue weighted by Gasteiger charge is 2.30. The van der Waals surface area contributed by atoms with E-state index in [4.69, 9.17) is 0 Å². The Hall–Kier alpha value is -3.67. The maximum atomic E-state index is 12.8. The average Bonchev–Trinajstić information content (AvgIpc) is 3.43. The monoisotopic (exact) mass is 487 g/mol. The Bertz CT molecular complexity index is 1300. The van der Waals surface area contributed by atoms with Crippen LogP contribution in [0.3, 0.4) is 0 Å². The molecule has 2 heterocycles. The van der Waals surface area contributed by atoms with Crippen molar-refractivity contribution in [2.45, 2.75) is 31.7 Å². The van der Waals surface area contributed by atoms with Crippen molar-refractivity contribution in [1.29, 1.82) is 0 Å². The predicted molar refractivity (Wildman–Crippen MR) is 121 cm³/mol. The molecule has 4 aromatic rings. The molecular formula is C22H20F3N7OS. The van der Waals surface area contributed by atoms with Gasteiger partial charge < -0.3 is 5.32 Å². The van der Waals surface area contributed by atoms with Crippen LogP contribution >= 0.6 is 11.8 Å². The third-order valence-corrected chi connectivity index (χ3v) is 6.09. The molecule has 0 aliphatic carbocycles. The molecule has 8 nitrogen and oxygen atoms in total. The van der Waals surface area contributed by atoms with Gasteiger partial charge in [0.2, 0.25) is 11.1 Å². The van der Waals surface area contributed by atoms with Gasteiger partial charge in [0.25, 0.3) is 0 Å². The highest BCUT2D eigenvalue weighted by atomic mass is 32.2. The number of aryl methyl sites for hydroxylation is 1. The minimum absolute atomic E-state index is 0.0523. The first-order valence-electron chi connectivity index (χ1n) is 10.2. The fourth-order valence-electron chi connectivity index (χ4n) is 3.23. The molecule has 0 atom stereocenters. The molecule has 0 saturated carbocycles. The molecule has 0 bridgehead atoms. The Morgan fingerprint density at radius 1 is 1.09 bits per heavy atom. The zero-order chi connectivity index (χ0) is 24.3. The van der Waals surface area contributed by atoms with Gasteiger partial charge in [0.05, 0.1) is 29.7 Å². The van der Waals surface area contributed by atoms with Crippen molar-refractivity contribution in [2.75, 3.05) is 11.1 Å². The Labute approximate surface area is 197 Å². The third-order valence-electron chi connectivity index (χ3n) is 5.18. The number of nitrogens with zero attached hydrogens (tertiary/aromatic N) is 6. The summed E-state index contributed by atoms with van der Waals surface area (Å²) in [6, 6.07) is 12.3. The normalized spacial score (nSPS) is 11.6. The minimum Gasteiger partial charge on any atom is -0.310 e. The minimum atomic E-state index is -4.39. The van der Waals surface area contributed by atoms with Crippen molar-refractivity contribution in [3.8, 4) is 5.69 Å². The molecule has 0 spiro atoms. The summed E-state index contributed by atoms with van der Waals surface area (Å²) in [6.45, 7) is 4.18. The molecule has 0 aliphatic heterocycles. The Balaban J connectivity index is 1.39. The number of halogens is 3. The molecule has 0 saturated heterocycles. The Morgan fingerprint density at radius 3 is 2.59 bits per heavy atom. The molecule has 34 heavy (non-hydrogen) atoms. The van der Waals surface area contributed by atoms with Gasteiger partial charge in [-0.3, -0.25) is 4.79 Å². The van der Waals surface area contributed by atoms with Gasteiger partial charge in [-0.15, -0.1) is 5.10 Å². The van der Waals surface area contributed by atoms with Crippen LogP contribution in [0.15, 0.2) is 59.9 Å². The summed E-state index contributed by atoms with van der Waals surface area (Å²) in [6.07, 6.45) is -2.88. The number of benzene rings is 2. The summed E-state index contributed by atoms with van der Waals surface area (Å²) in [7, 11) is 0. The van der Waals surface area contributed by atoms with Crippen LogP contribution in [0.4, 0.5) is 19.0 Å². The molecule has 2 aromatic carbocycles. The van der Waals surface area contributed by atoms with Crippen molar-refractivity contribution in [3.63, 3.8) is 0 Å². The third kappa shape index (κ3) is 5.28. The van der Waals surface area contributed by atoms with Gasteiger partial charge in [-0.25, -0.2) is 4.68 Å². The van der Waals surface area contributed by atoms with Crippen LogP contribution in [0.25, 0.3) is 5.69 Å². The molecule has 2 aromatic heterocycles. The summed E-state index contributed by atoms with van der Waals surface area (Å²) in [5.74, 6) is 0.186. The van der Waals surface area contributed by atoms with Gasteiger partial charge in [-0.2, -0.15) is 23.0 Å². The van der Waals surface area contributed by atoms with E-state index in [1.165, 1.54) is 34.8 Å². The van der Waals surface area contributed by atoms with Crippen LogP contribution in [-0.4, -0.2) is 41.6 Å².